The van der Waals surface area contributed by atoms with E-state index in [2.05, 4.69) is 15.6 Å². The van der Waals surface area contributed by atoms with Gasteiger partial charge in [0.15, 0.2) is 0 Å². The Hall–Kier alpha value is -3.91. The molecule has 2 aromatic carbocycles. The number of ether oxygens (including phenoxy) is 2. The van der Waals surface area contributed by atoms with Crippen molar-refractivity contribution in [1.29, 1.82) is 0 Å². The molecular formula is C24H26N4O4. The average molecular weight is 434 g/mol. The van der Waals surface area contributed by atoms with Crippen LogP contribution in [0, 0.1) is 0 Å². The highest BCUT2D eigenvalue weighted by Gasteiger charge is 2.16. The van der Waals surface area contributed by atoms with E-state index in [9.17, 15) is 9.59 Å². The lowest BCUT2D eigenvalue weighted by molar-refractivity contribution is 0.102. The van der Waals surface area contributed by atoms with Gasteiger partial charge in [-0.15, -0.1) is 0 Å². The van der Waals surface area contributed by atoms with Gasteiger partial charge in [0.25, 0.3) is 11.8 Å². The van der Waals surface area contributed by atoms with Gasteiger partial charge in [-0.3, -0.25) is 9.59 Å². The van der Waals surface area contributed by atoms with Crippen molar-refractivity contribution in [2.75, 3.05) is 30.9 Å². The molecule has 0 aliphatic heterocycles. The van der Waals surface area contributed by atoms with Gasteiger partial charge in [0.2, 0.25) is 0 Å². The van der Waals surface area contributed by atoms with Crippen LogP contribution in [0.5, 0.6) is 11.5 Å². The van der Waals surface area contributed by atoms with Gasteiger partial charge in [-0.05, 0) is 74.0 Å². The Morgan fingerprint density at radius 3 is 2.41 bits per heavy atom. The van der Waals surface area contributed by atoms with Gasteiger partial charge >= 0.3 is 0 Å². The van der Waals surface area contributed by atoms with Crippen LogP contribution in [0.25, 0.3) is 0 Å². The van der Waals surface area contributed by atoms with Crippen LogP contribution >= 0.6 is 0 Å². The van der Waals surface area contributed by atoms with E-state index in [-0.39, 0.29) is 11.5 Å². The summed E-state index contributed by atoms with van der Waals surface area (Å²) in [6, 6.07) is 16.9. The highest BCUT2D eigenvalue weighted by atomic mass is 16.5. The standard InChI is InChI=1S/C24H26N4O4/c1-31-19-11-12-21(20(16-19)24(30)28-22-6-2-4-14-26-22)27-23(29)17-7-9-18(10-8-17)32-15-5-3-13-25/h2,4,6-12,14,16H,3,5,13,15,25H2,1H3,(H,27,29)(H,26,28,30). The molecule has 0 unspecified atom stereocenters. The molecule has 0 bridgehead atoms. The first kappa shape index (κ1) is 22.8. The lowest BCUT2D eigenvalue weighted by Crippen LogP contribution is -2.18. The molecule has 32 heavy (non-hydrogen) atoms. The Kier molecular flexibility index (Phi) is 8.16. The van der Waals surface area contributed by atoms with Crippen molar-refractivity contribution in [3.63, 3.8) is 0 Å². The molecule has 0 saturated heterocycles. The van der Waals surface area contributed by atoms with Gasteiger partial charge in [-0.25, -0.2) is 4.98 Å². The minimum absolute atomic E-state index is 0.253. The van der Waals surface area contributed by atoms with Crippen LogP contribution in [0.4, 0.5) is 11.5 Å². The van der Waals surface area contributed by atoms with Crippen molar-refractivity contribution in [3.8, 4) is 11.5 Å². The number of anilines is 2. The Bertz CT molecular complexity index is 1040. The first-order valence-corrected chi connectivity index (χ1v) is 10.3. The summed E-state index contributed by atoms with van der Waals surface area (Å²) >= 11 is 0. The number of hydrogen-bond donors (Lipinski definition) is 3. The van der Waals surface area contributed by atoms with Crippen LogP contribution in [0.15, 0.2) is 66.9 Å². The quantitative estimate of drug-likeness (QED) is 0.419. The third-order valence-electron chi connectivity index (χ3n) is 4.61. The van der Waals surface area contributed by atoms with E-state index in [1.165, 1.54) is 7.11 Å². The second-order valence-electron chi connectivity index (χ2n) is 6.90. The molecule has 8 heteroatoms. The predicted molar refractivity (Wildman–Crippen MR) is 123 cm³/mol. The Balaban J connectivity index is 1.72. The molecule has 0 radical (unpaired) electrons. The van der Waals surface area contributed by atoms with Crippen LogP contribution in [-0.2, 0) is 0 Å². The number of nitrogens with one attached hydrogen (secondary N) is 2. The van der Waals surface area contributed by atoms with E-state index >= 15 is 0 Å². The van der Waals surface area contributed by atoms with E-state index in [0.29, 0.717) is 41.7 Å². The van der Waals surface area contributed by atoms with E-state index in [1.807, 2.05) is 0 Å². The smallest absolute Gasteiger partial charge is 0.259 e. The van der Waals surface area contributed by atoms with Gasteiger partial charge in [-0.2, -0.15) is 0 Å². The van der Waals surface area contributed by atoms with Crippen LogP contribution < -0.4 is 25.8 Å². The first-order chi connectivity index (χ1) is 15.6. The number of hydrogen-bond acceptors (Lipinski definition) is 6. The fraction of sp³-hybridized carbons (Fsp3) is 0.208. The SMILES string of the molecule is COc1ccc(NC(=O)c2ccc(OCCCCN)cc2)c(C(=O)Nc2ccccn2)c1. The normalized spacial score (nSPS) is 10.3. The topological polar surface area (TPSA) is 116 Å². The molecule has 0 atom stereocenters. The van der Waals surface area contributed by atoms with Gasteiger partial charge in [0.05, 0.1) is 25.0 Å². The summed E-state index contributed by atoms with van der Waals surface area (Å²) in [4.78, 5) is 29.7. The van der Waals surface area contributed by atoms with Gasteiger partial charge in [0, 0.05) is 11.8 Å². The van der Waals surface area contributed by atoms with E-state index < -0.39 is 5.91 Å². The zero-order valence-electron chi connectivity index (χ0n) is 17.8. The third-order valence-corrected chi connectivity index (χ3v) is 4.61. The minimum Gasteiger partial charge on any atom is -0.497 e. The summed E-state index contributed by atoms with van der Waals surface area (Å²) in [6.07, 6.45) is 3.35. The molecular weight excluding hydrogens is 408 g/mol. The maximum Gasteiger partial charge on any atom is 0.259 e. The van der Waals surface area contributed by atoms with Crippen molar-refractivity contribution < 1.29 is 19.1 Å². The fourth-order valence-electron chi connectivity index (χ4n) is 2.90. The highest BCUT2D eigenvalue weighted by Crippen LogP contribution is 2.24. The molecule has 0 saturated carbocycles. The average Bonchev–Trinajstić information content (AvgIpc) is 2.83. The summed E-state index contributed by atoms with van der Waals surface area (Å²) < 4.78 is 10.9. The Labute approximate surface area is 186 Å². The number of nitrogens with two attached hydrogens (primary N) is 1. The van der Waals surface area contributed by atoms with Crippen LogP contribution in [0.1, 0.15) is 33.6 Å². The van der Waals surface area contributed by atoms with Gasteiger partial charge in [0.1, 0.15) is 17.3 Å². The molecule has 2 amide bonds. The lowest BCUT2D eigenvalue weighted by atomic mass is 10.1. The monoisotopic (exact) mass is 434 g/mol. The number of aromatic nitrogens is 1. The largest absolute Gasteiger partial charge is 0.497 e. The number of nitrogens with zero attached hydrogens (tertiary/aromatic N) is 1. The number of pyridine rings is 1. The second-order valence-corrected chi connectivity index (χ2v) is 6.90. The van der Waals surface area contributed by atoms with Crippen LogP contribution in [-0.4, -0.2) is 37.1 Å². The summed E-state index contributed by atoms with van der Waals surface area (Å²) in [7, 11) is 1.51. The molecule has 1 heterocycles. The van der Waals surface area contributed by atoms with Crippen LogP contribution in [0.3, 0.4) is 0 Å². The number of methoxy groups -OCH3 is 1. The van der Waals surface area contributed by atoms with E-state index in [0.717, 1.165) is 12.8 Å². The second kappa shape index (κ2) is 11.5. The Morgan fingerprint density at radius 1 is 0.938 bits per heavy atom. The fourth-order valence-corrected chi connectivity index (χ4v) is 2.90. The molecule has 0 fully saturated rings. The van der Waals surface area contributed by atoms with Crippen molar-refractivity contribution in [2.45, 2.75) is 12.8 Å². The van der Waals surface area contributed by atoms with Crippen molar-refractivity contribution in [3.05, 3.63) is 78.0 Å². The number of carbonyl (C=O) groups is 2. The number of carbonyl (C=O) groups excluding carboxylic acids is 2. The molecule has 0 aliphatic carbocycles. The number of unbranched alkanes of at least 4 members (excludes halogenated alkanes) is 1. The minimum atomic E-state index is -0.417. The summed E-state index contributed by atoms with van der Waals surface area (Å²) in [5, 5.41) is 5.51. The lowest BCUT2D eigenvalue weighted by Gasteiger charge is -2.13. The van der Waals surface area contributed by atoms with Gasteiger partial charge in [-0.1, -0.05) is 6.07 Å². The highest BCUT2D eigenvalue weighted by molar-refractivity contribution is 6.12. The maximum atomic E-state index is 12.8. The number of amides is 2. The molecule has 1 aromatic heterocycles. The van der Waals surface area contributed by atoms with Gasteiger partial charge < -0.3 is 25.8 Å². The van der Waals surface area contributed by atoms with Crippen molar-refractivity contribution in [2.24, 2.45) is 5.73 Å². The molecule has 8 nitrogen and oxygen atoms in total. The number of benzene rings is 2. The zero-order chi connectivity index (χ0) is 22.8. The number of rotatable bonds is 10. The molecule has 3 rings (SSSR count). The Morgan fingerprint density at radius 2 is 1.72 bits per heavy atom. The van der Waals surface area contributed by atoms with E-state index in [4.69, 9.17) is 15.2 Å². The molecule has 3 aromatic rings. The van der Waals surface area contributed by atoms with Crippen molar-refractivity contribution >= 4 is 23.3 Å². The zero-order valence-corrected chi connectivity index (χ0v) is 17.8. The van der Waals surface area contributed by atoms with E-state index in [1.54, 1.807) is 66.9 Å². The third kappa shape index (κ3) is 6.29. The molecule has 4 N–H and O–H groups in total. The first-order valence-electron chi connectivity index (χ1n) is 10.3. The molecule has 166 valence electrons. The summed E-state index contributed by atoms with van der Waals surface area (Å²) in [5.41, 5.74) is 6.52. The summed E-state index contributed by atoms with van der Waals surface area (Å²) in [5.74, 6) is 0.805. The maximum absolute atomic E-state index is 12.8. The van der Waals surface area contributed by atoms with Crippen LogP contribution in [0.2, 0.25) is 0 Å². The van der Waals surface area contributed by atoms with Crippen molar-refractivity contribution in [1.82, 2.24) is 4.98 Å². The molecule has 0 spiro atoms. The summed E-state index contributed by atoms with van der Waals surface area (Å²) in [6.45, 7) is 1.21. The predicted octanol–water partition coefficient (Wildman–Crippen LogP) is 3.71. The molecule has 0 aliphatic rings.